The predicted octanol–water partition coefficient (Wildman–Crippen LogP) is 4.27. The zero-order valence-corrected chi connectivity index (χ0v) is 16.3. The van der Waals surface area contributed by atoms with Crippen LogP contribution in [0.25, 0.3) is 16.8 Å². The minimum absolute atomic E-state index is 0.148. The second kappa shape index (κ2) is 8.32. The van der Waals surface area contributed by atoms with Crippen LogP contribution in [-0.4, -0.2) is 33.4 Å². The maximum Gasteiger partial charge on any atom is 0.234 e. The van der Waals surface area contributed by atoms with Crippen LogP contribution in [0.2, 0.25) is 0 Å². The first kappa shape index (κ1) is 18.9. The molecule has 0 radical (unpaired) electrons. The van der Waals surface area contributed by atoms with Crippen LogP contribution < -0.4 is 10.1 Å². The van der Waals surface area contributed by atoms with Crippen LogP contribution in [-0.2, 0) is 4.79 Å². The van der Waals surface area contributed by atoms with Gasteiger partial charge in [-0.05, 0) is 42.5 Å². The molecule has 0 aliphatic rings. The quantitative estimate of drug-likeness (QED) is 0.483. The molecule has 4 aromatic rings. The van der Waals surface area contributed by atoms with Crippen molar-refractivity contribution < 1.29 is 13.9 Å². The minimum Gasteiger partial charge on any atom is -0.497 e. The van der Waals surface area contributed by atoms with Crippen molar-refractivity contribution in [2.45, 2.75) is 5.03 Å². The van der Waals surface area contributed by atoms with E-state index in [1.807, 2.05) is 18.2 Å². The number of aromatic nitrogens is 3. The summed E-state index contributed by atoms with van der Waals surface area (Å²) in [6.45, 7) is 0. The van der Waals surface area contributed by atoms with E-state index in [1.165, 1.54) is 23.9 Å². The average Bonchev–Trinajstić information content (AvgIpc) is 3.18. The molecule has 1 N–H and O–H groups in total. The summed E-state index contributed by atoms with van der Waals surface area (Å²) in [5, 5.41) is 8.05. The molecule has 29 heavy (non-hydrogen) atoms. The topological polar surface area (TPSA) is 68.5 Å². The Bertz CT molecular complexity index is 1160. The number of carbonyl (C=O) groups is 1. The number of nitrogens with one attached hydrogen (secondary N) is 1. The highest BCUT2D eigenvalue weighted by atomic mass is 32.2. The van der Waals surface area contributed by atoms with Crippen molar-refractivity contribution in [1.82, 2.24) is 14.6 Å². The van der Waals surface area contributed by atoms with Crippen LogP contribution in [0.15, 0.2) is 72.0 Å². The number of hydrogen-bond donors (Lipinski definition) is 1. The zero-order chi connectivity index (χ0) is 20.2. The second-order valence-electron chi connectivity index (χ2n) is 6.17. The van der Waals surface area contributed by atoms with E-state index in [4.69, 9.17) is 4.74 Å². The Morgan fingerprint density at radius 1 is 1.21 bits per heavy atom. The van der Waals surface area contributed by atoms with Crippen molar-refractivity contribution in [3.05, 3.63) is 72.8 Å². The lowest BCUT2D eigenvalue weighted by atomic mass is 10.1. The van der Waals surface area contributed by atoms with E-state index in [-0.39, 0.29) is 17.5 Å². The fourth-order valence-corrected chi connectivity index (χ4v) is 3.58. The summed E-state index contributed by atoms with van der Waals surface area (Å²) in [4.78, 5) is 16.7. The molecule has 2 aromatic heterocycles. The largest absolute Gasteiger partial charge is 0.497 e. The molecule has 1 amide bonds. The third-order valence-electron chi connectivity index (χ3n) is 4.19. The van der Waals surface area contributed by atoms with E-state index in [0.29, 0.717) is 22.2 Å². The van der Waals surface area contributed by atoms with Crippen molar-refractivity contribution in [3.8, 4) is 17.0 Å². The molecule has 0 saturated heterocycles. The maximum absolute atomic E-state index is 13.2. The van der Waals surface area contributed by atoms with E-state index < -0.39 is 0 Å². The molecule has 0 unspecified atom stereocenters. The molecule has 0 fully saturated rings. The van der Waals surface area contributed by atoms with Gasteiger partial charge in [-0.2, -0.15) is 5.10 Å². The first-order valence-electron chi connectivity index (χ1n) is 8.79. The first-order valence-corrected chi connectivity index (χ1v) is 9.78. The fraction of sp³-hybridized carbons (Fsp3) is 0.0952. The van der Waals surface area contributed by atoms with Crippen LogP contribution in [0.3, 0.4) is 0 Å². The van der Waals surface area contributed by atoms with Crippen molar-refractivity contribution in [3.63, 3.8) is 0 Å². The van der Waals surface area contributed by atoms with E-state index in [2.05, 4.69) is 15.4 Å². The van der Waals surface area contributed by atoms with Gasteiger partial charge in [0.2, 0.25) is 5.91 Å². The number of methoxy groups -OCH3 is 1. The number of nitrogens with zero attached hydrogens (tertiary/aromatic N) is 3. The van der Waals surface area contributed by atoms with Gasteiger partial charge in [0, 0.05) is 29.7 Å². The number of anilines is 1. The van der Waals surface area contributed by atoms with Crippen molar-refractivity contribution >= 4 is 28.9 Å². The van der Waals surface area contributed by atoms with Gasteiger partial charge in [0.05, 0.1) is 24.1 Å². The smallest absolute Gasteiger partial charge is 0.234 e. The van der Waals surface area contributed by atoms with Crippen LogP contribution in [0, 0.1) is 5.82 Å². The van der Waals surface area contributed by atoms with E-state index >= 15 is 0 Å². The molecule has 0 aliphatic carbocycles. The highest BCUT2D eigenvalue weighted by Crippen LogP contribution is 2.26. The SMILES string of the molecule is COc1cccc(NC(=O)CSc2nccn3nc(-c4ccc(F)cc4)cc23)c1. The van der Waals surface area contributed by atoms with E-state index in [0.717, 1.165) is 11.1 Å². The van der Waals surface area contributed by atoms with Crippen LogP contribution in [0.4, 0.5) is 10.1 Å². The van der Waals surface area contributed by atoms with E-state index in [9.17, 15) is 9.18 Å². The molecule has 0 bridgehead atoms. The number of thioether (sulfide) groups is 1. The summed E-state index contributed by atoms with van der Waals surface area (Å²) in [5.74, 6) is 0.429. The van der Waals surface area contributed by atoms with Crippen molar-refractivity contribution in [1.29, 1.82) is 0 Å². The summed E-state index contributed by atoms with van der Waals surface area (Å²) in [5.41, 5.74) is 2.97. The number of carbonyl (C=O) groups excluding carboxylic acids is 1. The number of ether oxygens (including phenoxy) is 1. The molecule has 4 rings (SSSR count). The van der Waals surface area contributed by atoms with E-state index in [1.54, 1.807) is 48.3 Å². The Labute approximate surface area is 170 Å². The lowest BCUT2D eigenvalue weighted by molar-refractivity contribution is -0.113. The molecular formula is C21H17FN4O2S. The first-order chi connectivity index (χ1) is 14.1. The standard InChI is InChI=1S/C21H17FN4O2S/c1-28-17-4-2-3-16(11-17)24-20(27)13-29-21-19-12-18(25-26(19)10-9-23-21)14-5-7-15(22)8-6-14/h2-12H,13H2,1H3,(H,24,27). The highest BCUT2D eigenvalue weighted by molar-refractivity contribution is 8.00. The van der Waals surface area contributed by atoms with Gasteiger partial charge in [-0.15, -0.1) is 0 Å². The monoisotopic (exact) mass is 408 g/mol. The molecule has 0 atom stereocenters. The Hall–Kier alpha value is -3.39. The Morgan fingerprint density at radius 3 is 2.83 bits per heavy atom. The number of fused-ring (bicyclic) bond motifs is 1. The molecule has 0 saturated carbocycles. The summed E-state index contributed by atoms with van der Waals surface area (Å²) >= 11 is 1.32. The Morgan fingerprint density at radius 2 is 2.03 bits per heavy atom. The zero-order valence-electron chi connectivity index (χ0n) is 15.5. The van der Waals surface area contributed by atoms with Crippen LogP contribution >= 0.6 is 11.8 Å². The minimum atomic E-state index is -0.294. The molecule has 146 valence electrons. The van der Waals surface area contributed by atoms with Crippen LogP contribution in [0.1, 0.15) is 0 Å². The average molecular weight is 408 g/mol. The van der Waals surface area contributed by atoms with Gasteiger partial charge in [-0.1, -0.05) is 17.8 Å². The molecule has 0 aliphatic heterocycles. The second-order valence-corrected chi connectivity index (χ2v) is 7.13. The van der Waals surface area contributed by atoms with Crippen molar-refractivity contribution in [2.75, 3.05) is 18.2 Å². The van der Waals surface area contributed by atoms with Gasteiger partial charge in [0.15, 0.2) is 0 Å². The van der Waals surface area contributed by atoms with Crippen molar-refractivity contribution in [2.24, 2.45) is 0 Å². The summed E-state index contributed by atoms with van der Waals surface area (Å²) in [6, 6.07) is 15.2. The number of amides is 1. The Balaban J connectivity index is 1.49. The molecular weight excluding hydrogens is 391 g/mol. The number of halogens is 1. The summed E-state index contributed by atoms with van der Waals surface area (Å²) in [7, 11) is 1.58. The molecule has 8 heteroatoms. The van der Waals surface area contributed by atoms with Gasteiger partial charge in [-0.3, -0.25) is 4.79 Å². The molecule has 6 nitrogen and oxygen atoms in total. The Kier molecular flexibility index (Phi) is 5.44. The molecule has 2 heterocycles. The normalized spacial score (nSPS) is 10.8. The summed E-state index contributed by atoms with van der Waals surface area (Å²) in [6.07, 6.45) is 3.37. The lowest BCUT2D eigenvalue weighted by Gasteiger charge is -2.07. The molecule has 2 aromatic carbocycles. The van der Waals surface area contributed by atoms with Gasteiger partial charge < -0.3 is 10.1 Å². The fourth-order valence-electron chi connectivity index (χ4n) is 2.80. The van der Waals surface area contributed by atoms with Gasteiger partial charge in [-0.25, -0.2) is 13.9 Å². The maximum atomic E-state index is 13.2. The number of hydrogen-bond acceptors (Lipinski definition) is 5. The van der Waals surface area contributed by atoms with Gasteiger partial charge >= 0.3 is 0 Å². The van der Waals surface area contributed by atoms with Gasteiger partial charge in [0.25, 0.3) is 0 Å². The van der Waals surface area contributed by atoms with Gasteiger partial charge in [0.1, 0.15) is 16.6 Å². The molecule has 0 spiro atoms. The third kappa shape index (κ3) is 4.38. The summed E-state index contributed by atoms with van der Waals surface area (Å²) < 4.78 is 20.0. The number of rotatable bonds is 6. The third-order valence-corrected chi connectivity index (χ3v) is 5.18. The lowest BCUT2D eigenvalue weighted by Crippen LogP contribution is -2.14. The highest BCUT2D eigenvalue weighted by Gasteiger charge is 2.12. The predicted molar refractivity (Wildman–Crippen MR) is 111 cm³/mol. The number of benzene rings is 2. The van der Waals surface area contributed by atoms with Crippen LogP contribution in [0.5, 0.6) is 5.75 Å².